The predicted molar refractivity (Wildman–Crippen MR) is 69.7 cm³/mol. The molecule has 2 atom stereocenters. The number of para-hydroxylation sites is 1. The number of rotatable bonds is 2. The van der Waals surface area contributed by atoms with E-state index in [4.69, 9.17) is 22.3 Å². The van der Waals surface area contributed by atoms with Crippen LogP contribution < -0.4 is 0 Å². The fourth-order valence-electron chi connectivity index (χ4n) is 1.45. The summed E-state index contributed by atoms with van der Waals surface area (Å²) in [6.45, 7) is 1.85. The molecule has 2 rings (SSSR count). The molecule has 1 N–H and O–H groups in total. The number of phenols is 1. The van der Waals surface area contributed by atoms with Gasteiger partial charge in [0.2, 0.25) is 0 Å². The van der Waals surface area contributed by atoms with Crippen LogP contribution in [0, 0.1) is 24.2 Å². The van der Waals surface area contributed by atoms with Crippen molar-refractivity contribution >= 4 is 23.2 Å². The molecule has 1 aromatic rings. The summed E-state index contributed by atoms with van der Waals surface area (Å²) in [5.74, 6) is 0.351. The molecule has 0 aliphatic heterocycles. The van der Waals surface area contributed by atoms with Crippen molar-refractivity contribution in [2.45, 2.75) is 19.4 Å². The van der Waals surface area contributed by atoms with Crippen LogP contribution in [-0.2, 0) is 20.8 Å². The van der Waals surface area contributed by atoms with Crippen molar-refractivity contribution in [2.24, 2.45) is 10.9 Å². The van der Waals surface area contributed by atoms with Crippen LogP contribution in [0.4, 0.5) is 0 Å². The normalized spacial score (nSPS) is 20.8. The minimum absolute atomic E-state index is 0.0770. The fraction of sp³-hybridized carbons (Fsp3) is 0.333. The third-order valence-corrected chi connectivity index (χ3v) is 2.60. The molecule has 1 fully saturated rings. The molecular weight excluding hydrogens is 350 g/mol. The topological polar surface area (TPSA) is 56.4 Å². The summed E-state index contributed by atoms with van der Waals surface area (Å²) in [6.07, 6.45) is 2.50. The van der Waals surface area contributed by atoms with Gasteiger partial charge in [0, 0.05) is 11.8 Å². The third kappa shape index (κ3) is 4.73. The van der Waals surface area contributed by atoms with Crippen molar-refractivity contribution in [3.8, 4) is 11.8 Å². The molecule has 1 saturated carbocycles. The second-order valence-electron chi connectivity index (χ2n) is 3.90. The maximum atomic E-state index is 9.70. The molecule has 1 aliphatic rings. The van der Waals surface area contributed by atoms with Gasteiger partial charge >= 0.3 is 37.9 Å². The van der Waals surface area contributed by atoms with Gasteiger partial charge in [-0.05, 0) is 25.0 Å². The van der Waals surface area contributed by atoms with Crippen LogP contribution in [-0.4, -0.2) is 17.4 Å². The molecule has 6 heteroatoms. The number of phenolic OH excluding ortho intramolecular Hbond substituents is 1. The number of hydrogen-bond donors (Lipinski definition) is 1. The summed E-state index contributed by atoms with van der Waals surface area (Å²) in [7, 11) is 9.87. The first-order valence-electron chi connectivity index (χ1n) is 5.31. The van der Waals surface area contributed by atoms with Gasteiger partial charge in [0.15, 0.2) is 0 Å². The first-order valence-corrected chi connectivity index (χ1v) is 11.6. The second-order valence-corrected chi connectivity index (χ2v) is 7.63. The number of hydrogen-bond acceptors (Lipinski definition) is 3. The van der Waals surface area contributed by atoms with E-state index in [1.165, 1.54) is 0 Å². The zero-order valence-corrected chi connectivity index (χ0v) is 13.7. The van der Waals surface area contributed by atoms with Crippen LogP contribution in [0.5, 0.6) is 5.75 Å². The van der Waals surface area contributed by atoms with E-state index in [-0.39, 0.29) is 17.7 Å². The van der Waals surface area contributed by atoms with Gasteiger partial charge in [0.05, 0.1) is 18.0 Å². The molecule has 0 aromatic heterocycles. The van der Waals surface area contributed by atoms with Gasteiger partial charge in [0.25, 0.3) is 0 Å². The Labute approximate surface area is 125 Å². The second kappa shape index (κ2) is 7.94. The van der Waals surface area contributed by atoms with Crippen molar-refractivity contribution in [3.63, 3.8) is 0 Å². The van der Waals surface area contributed by atoms with E-state index in [1.54, 1.807) is 6.21 Å². The van der Waals surface area contributed by atoms with Crippen molar-refractivity contribution in [1.29, 1.82) is 5.26 Å². The summed E-state index contributed by atoms with van der Waals surface area (Å²) in [4.78, 5) is 4.25. The van der Waals surface area contributed by atoms with E-state index in [1.807, 2.05) is 25.1 Å². The average Bonchev–Trinajstić information content (AvgIpc) is 3.11. The van der Waals surface area contributed by atoms with Crippen LogP contribution in [0.15, 0.2) is 23.2 Å². The molecule has 18 heavy (non-hydrogen) atoms. The van der Waals surface area contributed by atoms with Gasteiger partial charge in [-0.2, -0.15) is 5.26 Å². The Morgan fingerprint density at radius 1 is 1.56 bits per heavy atom. The summed E-state index contributed by atoms with van der Waals surface area (Å²) in [5, 5.41) is 18.3. The average molecular weight is 362 g/mol. The molecule has 3 nitrogen and oxygen atoms in total. The van der Waals surface area contributed by atoms with Crippen molar-refractivity contribution < 1.29 is 26.0 Å². The Morgan fingerprint density at radius 3 is 2.78 bits per heavy atom. The number of benzene rings is 1. The number of aliphatic imine (C=N–C) groups is 1. The molecular formula is C12H12Cl2N2OZr. The Balaban J connectivity index is 0.000000492. The third-order valence-electron chi connectivity index (χ3n) is 2.60. The van der Waals surface area contributed by atoms with Gasteiger partial charge in [-0.1, -0.05) is 12.1 Å². The monoisotopic (exact) mass is 360 g/mol. The SMILES string of the molecule is Cc1cccc(C=NC2CC2C#N)c1O.[Cl][Zr][Cl]. The van der Waals surface area contributed by atoms with Crippen LogP contribution in [0.3, 0.4) is 0 Å². The van der Waals surface area contributed by atoms with E-state index < -0.39 is 20.8 Å². The van der Waals surface area contributed by atoms with Crippen molar-refractivity contribution in [3.05, 3.63) is 29.3 Å². The van der Waals surface area contributed by atoms with Crippen molar-refractivity contribution in [1.82, 2.24) is 0 Å². The van der Waals surface area contributed by atoms with Crippen LogP contribution >= 0.6 is 17.0 Å². The molecule has 0 bridgehead atoms. The van der Waals surface area contributed by atoms with E-state index in [9.17, 15) is 5.11 Å². The molecule has 0 saturated heterocycles. The fourth-order valence-corrected chi connectivity index (χ4v) is 1.45. The summed E-state index contributed by atoms with van der Waals surface area (Å²) in [6, 6.07) is 7.85. The van der Waals surface area contributed by atoms with Gasteiger partial charge in [-0.3, -0.25) is 4.99 Å². The molecule has 0 spiro atoms. The first-order chi connectivity index (χ1) is 8.63. The predicted octanol–water partition coefficient (Wildman–Crippen LogP) is 3.41. The molecule has 0 heterocycles. The zero-order valence-electron chi connectivity index (χ0n) is 9.77. The minimum atomic E-state index is -0.826. The van der Waals surface area contributed by atoms with Gasteiger partial charge in [0.1, 0.15) is 5.75 Å². The first kappa shape index (κ1) is 15.7. The van der Waals surface area contributed by atoms with Gasteiger partial charge < -0.3 is 5.11 Å². The van der Waals surface area contributed by atoms with E-state index in [2.05, 4.69) is 11.1 Å². The van der Waals surface area contributed by atoms with E-state index in [0.717, 1.165) is 17.5 Å². The van der Waals surface area contributed by atoms with Gasteiger partial charge in [-0.25, -0.2) is 0 Å². The standard InChI is InChI=1S/C12H12N2O.2ClH.Zr/c1-8-3-2-4-9(12(8)15)7-14-11-5-10(11)6-13;;;/h2-4,7,10-11,15H,5H2,1H3;2*1H;/q;;;+2/p-2. The van der Waals surface area contributed by atoms with Crippen LogP contribution in [0.2, 0.25) is 0 Å². The molecule has 0 amide bonds. The van der Waals surface area contributed by atoms with Crippen molar-refractivity contribution in [2.75, 3.05) is 0 Å². The Bertz CT molecular complexity index is 474. The number of halogens is 2. The molecule has 2 unspecified atom stereocenters. The maximum absolute atomic E-state index is 9.70. The number of nitriles is 1. The van der Waals surface area contributed by atoms with Gasteiger partial charge in [-0.15, -0.1) is 0 Å². The molecule has 1 aliphatic carbocycles. The Morgan fingerprint density at radius 2 is 2.22 bits per heavy atom. The summed E-state index contributed by atoms with van der Waals surface area (Å²) < 4.78 is 0. The quantitative estimate of drug-likeness (QED) is 0.820. The van der Waals surface area contributed by atoms with E-state index in [0.29, 0.717) is 0 Å². The Hall–Kier alpha value is -0.357. The molecule has 94 valence electrons. The Kier molecular flexibility index (Phi) is 6.93. The number of aromatic hydroxyl groups is 1. The molecule has 0 radical (unpaired) electrons. The molecule has 1 aromatic carbocycles. The number of aryl methyl sites for hydroxylation is 1. The van der Waals surface area contributed by atoms with Crippen LogP contribution in [0.1, 0.15) is 17.5 Å². The van der Waals surface area contributed by atoms with Crippen LogP contribution in [0.25, 0.3) is 0 Å². The van der Waals surface area contributed by atoms with E-state index >= 15 is 0 Å². The summed E-state index contributed by atoms with van der Waals surface area (Å²) in [5.41, 5.74) is 1.56. The zero-order chi connectivity index (χ0) is 13.5. The number of nitrogens with zero attached hydrogens (tertiary/aromatic N) is 2. The summed E-state index contributed by atoms with van der Waals surface area (Å²) >= 11 is -0.826.